The Balaban J connectivity index is 1.65. The number of aryl methyl sites for hydroxylation is 4. The van der Waals surface area contributed by atoms with Crippen LogP contribution in [-0.2, 0) is 20.7 Å². The fourth-order valence-corrected chi connectivity index (χ4v) is 3.32. The lowest BCUT2D eigenvalue weighted by atomic mass is 10.1. The van der Waals surface area contributed by atoms with Crippen molar-refractivity contribution in [1.82, 2.24) is 5.32 Å². The van der Waals surface area contributed by atoms with Crippen molar-refractivity contribution in [2.45, 2.75) is 46.5 Å². The molecule has 0 radical (unpaired) electrons. The van der Waals surface area contributed by atoms with Crippen LogP contribution in [0, 0.1) is 20.8 Å². The summed E-state index contributed by atoms with van der Waals surface area (Å²) in [7, 11) is 0. The summed E-state index contributed by atoms with van der Waals surface area (Å²) >= 11 is 5.22. The average molecular weight is 413 g/mol. The van der Waals surface area contributed by atoms with E-state index >= 15 is 0 Å². The maximum absolute atomic E-state index is 12.0. The molecule has 1 amide bonds. The maximum Gasteiger partial charge on any atom is 0.306 e. The van der Waals surface area contributed by atoms with E-state index in [4.69, 9.17) is 17.0 Å². The number of hydrogen-bond donors (Lipinski definition) is 2. The summed E-state index contributed by atoms with van der Waals surface area (Å²) in [6.07, 6.45) is 1.67. The first-order valence-corrected chi connectivity index (χ1v) is 10.1. The van der Waals surface area contributed by atoms with E-state index in [1.807, 2.05) is 63.2 Å². The van der Waals surface area contributed by atoms with Gasteiger partial charge in [-0.1, -0.05) is 48.0 Å². The summed E-state index contributed by atoms with van der Waals surface area (Å²) in [4.78, 5) is 23.8. The van der Waals surface area contributed by atoms with E-state index in [0.717, 1.165) is 29.7 Å². The highest BCUT2D eigenvalue weighted by Gasteiger charge is 2.11. The Hall–Kier alpha value is -2.73. The third-order valence-corrected chi connectivity index (χ3v) is 4.64. The lowest BCUT2D eigenvalue weighted by molar-refractivity contribution is -0.145. The van der Waals surface area contributed by atoms with Gasteiger partial charge in [0, 0.05) is 12.1 Å². The molecule has 0 aliphatic rings. The molecule has 0 bridgehead atoms. The molecule has 29 heavy (non-hydrogen) atoms. The Bertz CT molecular complexity index is 843. The second-order valence-electron chi connectivity index (χ2n) is 7.09. The summed E-state index contributed by atoms with van der Waals surface area (Å²) in [5.41, 5.74) is 5.38. The molecule has 2 rings (SSSR count). The van der Waals surface area contributed by atoms with E-state index in [1.165, 1.54) is 11.1 Å². The molecule has 0 saturated carbocycles. The van der Waals surface area contributed by atoms with Gasteiger partial charge in [0.1, 0.15) is 0 Å². The van der Waals surface area contributed by atoms with Crippen LogP contribution < -0.4 is 10.6 Å². The number of anilines is 1. The Morgan fingerprint density at radius 2 is 1.66 bits per heavy atom. The highest BCUT2D eigenvalue weighted by molar-refractivity contribution is 7.80. The van der Waals surface area contributed by atoms with E-state index in [9.17, 15) is 9.59 Å². The lowest BCUT2D eigenvalue weighted by Gasteiger charge is -2.15. The zero-order chi connectivity index (χ0) is 21.2. The van der Waals surface area contributed by atoms with E-state index < -0.39 is 0 Å². The number of hydrogen-bond acceptors (Lipinski definition) is 4. The molecule has 2 N–H and O–H groups in total. The molecule has 154 valence electrons. The van der Waals surface area contributed by atoms with Crippen LogP contribution in [0.15, 0.2) is 42.5 Å². The predicted octanol–water partition coefficient (Wildman–Crippen LogP) is 4.38. The third kappa shape index (κ3) is 8.03. The first-order chi connectivity index (χ1) is 13.8. The second kappa shape index (κ2) is 11.3. The van der Waals surface area contributed by atoms with Crippen LogP contribution in [0.1, 0.15) is 41.5 Å². The zero-order valence-corrected chi connectivity index (χ0v) is 18.0. The second-order valence-corrected chi connectivity index (χ2v) is 7.49. The van der Waals surface area contributed by atoms with E-state index in [1.54, 1.807) is 0 Å². The van der Waals surface area contributed by atoms with Crippen molar-refractivity contribution >= 4 is 34.9 Å². The SMILES string of the molecule is Cc1cc(C)c(NC(=S)NC(=O)CCC(=O)OCCCc2ccccc2)c(C)c1. The summed E-state index contributed by atoms with van der Waals surface area (Å²) in [6, 6.07) is 14.1. The number of esters is 1. The molecule has 2 aromatic rings. The molecule has 0 aliphatic heterocycles. The van der Waals surface area contributed by atoms with Crippen LogP contribution in [0.5, 0.6) is 0 Å². The largest absolute Gasteiger partial charge is 0.466 e. The van der Waals surface area contributed by atoms with Crippen LogP contribution in [-0.4, -0.2) is 23.6 Å². The molecule has 0 heterocycles. The van der Waals surface area contributed by atoms with Crippen molar-refractivity contribution in [3.8, 4) is 0 Å². The van der Waals surface area contributed by atoms with Crippen LogP contribution in [0.4, 0.5) is 5.69 Å². The van der Waals surface area contributed by atoms with Gasteiger partial charge >= 0.3 is 5.97 Å². The highest BCUT2D eigenvalue weighted by Crippen LogP contribution is 2.21. The van der Waals surface area contributed by atoms with Crippen molar-refractivity contribution in [1.29, 1.82) is 0 Å². The zero-order valence-electron chi connectivity index (χ0n) is 17.2. The first-order valence-electron chi connectivity index (χ1n) is 9.73. The number of benzene rings is 2. The summed E-state index contributed by atoms with van der Waals surface area (Å²) < 4.78 is 5.19. The van der Waals surface area contributed by atoms with E-state index in [0.29, 0.717) is 6.61 Å². The normalized spacial score (nSPS) is 10.3. The molecule has 0 unspecified atom stereocenters. The fourth-order valence-electron chi connectivity index (χ4n) is 3.11. The standard InChI is InChI=1S/C23H28N2O3S/c1-16-14-17(2)22(18(3)15-16)25-23(29)24-20(26)11-12-21(27)28-13-7-10-19-8-5-4-6-9-19/h4-6,8-9,14-15H,7,10-13H2,1-3H3,(H2,24,25,26,29). The Kier molecular flexibility index (Phi) is 8.80. The molecule has 0 aliphatic carbocycles. The van der Waals surface area contributed by atoms with Crippen molar-refractivity contribution < 1.29 is 14.3 Å². The van der Waals surface area contributed by atoms with Crippen molar-refractivity contribution in [3.05, 3.63) is 64.7 Å². The highest BCUT2D eigenvalue weighted by atomic mass is 32.1. The molecule has 0 saturated heterocycles. The number of nitrogens with one attached hydrogen (secondary N) is 2. The first kappa shape index (κ1) is 22.6. The topological polar surface area (TPSA) is 67.4 Å². The molecule has 0 aromatic heterocycles. The van der Waals surface area contributed by atoms with Crippen LogP contribution in [0.3, 0.4) is 0 Å². The minimum atomic E-state index is -0.377. The van der Waals surface area contributed by atoms with Crippen LogP contribution in [0.2, 0.25) is 0 Å². The minimum absolute atomic E-state index is 0.0301. The van der Waals surface area contributed by atoms with E-state index in [2.05, 4.69) is 10.6 Å². The minimum Gasteiger partial charge on any atom is -0.466 e. The van der Waals surface area contributed by atoms with Gasteiger partial charge in [-0.25, -0.2) is 0 Å². The lowest BCUT2D eigenvalue weighted by Crippen LogP contribution is -2.34. The van der Waals surface area contributed by atoms with Gasteiger partial charge in [-0.15, -0.1) is 0 Å². The van der Waals surface area contributed by atoms with E-state index in [-0.39, 0.29) is 29.8 Å². The quantitative estimate of drug-likeness (QED) is 0.383. The van der Waals surface area contributed by atoms with Crippen LogP contribution in [0.25, 0.3) is 0 Å². The number of carbonyl (C=O) groups is 2. The van der Waals surface area contributed by atoms with Gasteiger partial charge in [0.05, 0.1) is 13.0 Å². The summed E-state index contributed by atoms with van der Waals surface area (Å²) in [6.45, 7) is 6.35. The maximum atomic E-state index is 12.0. The smallest absolute Gasteiger partial charge is 0.306 e. The van der Waals surface area contributed by atoms with Gasteiger partial charge < -0.3 is 15.4 Å². The van der Waals surface area contributed by atoms with Gasteiger partial charge in [-0.3, -0.25) is 9.59 Å². The summed E-state index contributed by atoms with van der Waals surface area (Å²) in [5.74, 6) is -0.691. The predicted molar refractivity (Wildman–Crippen MR) is 120 cm³/mol. The number of carbonyl (C=O) groups excluding carboxylic acids is 2. The fraction of sp³-hybridized carbons (Fsp3) is 0.348. The number of amides is 1. The third-order valence-electron chi connectivity index (χ3n) is 4.44. The molecule has 0 fully saturated rings. The molecule has 0 spiro atoms. The Labute approximate surface area is 177 Å². The van der Waals surface area contributed by atoms with Gasteiger partial charge in [-0.05, 0) is 62.5 Å². The summed E-state index contributed by atoms with van der Waals surface area (Å²) in [5, 5.41) is 5.90. The van der Waals surface area contributed by atoms with Crippen molar-refractivity contribution in [2.24, 2.45) is 0 Å². The van der Waals surface area contributed by atoms with Crippen molar-refractivity contribution in [2.75, 3.05) is 11.9 Å². The van der Waals surface area contributed by atoms with Gasteiger partial charge in [-0.2, -0.15) is 0 Å². The molecular weight excluding hydrogens is 384 g/mol. The monoisotopic (exact) mass is 412 g/mol. The molecule has 2 aromatic carbocycles. The molecule has 0 atom stereocenters. The van der Waals surface area contributed by atoms with Gasteiger partial charge in [0.2, 0.25) is 5.91 Å². The number of thiocarbonyl (C=S) groups is 1. The van der Waals surface area contributed by atoms with Gasteiger partial charge in [0.25, 0.3) is 0 Å². The number of ether oxygens (including phenoxy) is 1. The number of rotatable bonds is 8. The molecule has 6 heteroatoms. The van der Waals surface area contributed by atoms with Crippen LogP contribution >= 0.6 is 12.2 Å². The Morgan fingerprint density at radius 3 is 2.31 bits per heavy atom. The molecule has 5 nitrogen and oxygen atoms in total. The average Bonchev–Trinajstić information content (AvgIpc) is 2.67. The molecular formula is C23H28N2O3S. The van der Waals surface area contributed by atoms with Crippen molar-refractivity contribution in [3.63, 3.8) is 0 Å². The van der Waals surface area contributed by atoms with Gasteiger partial charge in [0.15, 0.2) is 5.11 Å². The Morgan fingerprint density at radius 1 is 1.00 bits per heavy atom.